The first-order valence-electron chi connectivity index (χ1n) is 7.51. The zero-order valence-electron chi connectivity index (χ0n) is 11.5. The molecule has 0 amide bonds. The molecule has 0 spiro atoms. The van der Waals surface area contributed by atoms with E-state index in [4.69, 9.17) is 0 Å². The summed E-state index contributed by atoms with van der Waals surface area (Å²) in [5.74, 6) is 0.210. The van der Waals surface area contributed by atoms with E-state index < -0.39 is 0 Å². The molecule has 0 aliphatic carbocycles. The van der Waals surface area contributed by atoms with Gasteiger partial charge in [-0.3, -0.25) is 9.13 Å². The Kier molecular flexibility index (Phi) is 3.64. The van der Waals surface area contributed by atoms with E-state index in [2.05, 4.69) is 4.90 Å². The fraction of sp³-hybridized carbons (Fsp3) is 0.786. The van der Waals surface area contributed by atoms with E-state index >= 15 is 0 Å². The van der Waals surface area contributed by atoms with Gasteiger partial charge in [0.1, 0.15) is 0 Å². The number of fused-ring (bicyclic) bond motifs is 1. The Morgan fingerprint density at radius 3 is 2.42 bits per heavy atom. The van der Waals surface area contributed by atoms with Crippen molar-refractivity contribution in [1.82, 2.24) is 14.0 Å². The summed E-state index contributed by atoms with van der Waals surface area (Å²) in [6.45, 7) is 4.51. The van der Waals surface area contributed by atoms with Crippen LogP contribution in [0.1, 0.15) is 37.8 Å². The molecule has 5 nitrogen and oxygen atoms in total. The lowest BCUT2D eigenvalue weighted by Gasteiger charge is -2.26. The van der Waals surface area contributed by atoms with Crippen molar-refractivity contribution in [2.75, 3.05) is 19.6 Å². The van der Waals surface area contributed by atoms with Crippen LogP contribution in [-0.4, -0.2) is 38.8 Å². The van der Waals surface area contributed by atoms with Gasteiger partial charge in [-0.1, -0.05) is 6.42 Å². The maximum absolute atomic E-state index is 12.3. The van der Waals surface area contributed by atoms with Crippen molar-refractivity contribution in [1.29, 1.82) is 0 Å². The van der Waals surface area contributed by atoms with Crippen LogP contribution in [0.4, 0.5) is 0 Å². The fourth-order valence-corrected chi connectivity index (χ4v) is 3.29. The Balaban J connectivity index is 1.73. The summed E-state index contributed by atoms with van der Waals surface area (Å²) in [7, 11) is 0. The molecule has 0 bridgehead atoms. The summed E-state index contributed by atoms with van der Waals surface area (Å²) in [4.78, 5) is 14.6. The zero-order chi connectivity index (χ0) is 13.2. The molecule has 0 atom stereocenters. The first kappa shape index (κ1) is 12.8. The van der Waals surface area contributed by atoms with Crippen molar-refractivity contribution >= 4 is 0 Å². The predicted molar refractivity (Wildman–Crippen MR) is 73.6 cm³/mol. The van der Waals surface area contributed by atoms with Crippen molar-refractivity contribution in [2.24, 2.45) is 0 Å². The highest BCUT2D eigenvalue weighted by molar-refractivity contribution is 5.21. The van der Waals surface area contributed by atoms with Gasteiger partial charge in [-0.15, -0.1) is 0 Å². The minimum atomic E-state index is -0.0239. The molecular formula is C14H23N3O2. The first-order valence-corrected chi connectivity index (χ1v) is 7.51. The highest BCUT2D eigenvalue weighted by atomic mass is 16.3. The highest BCUT2D eigenvalue weighted by Crippen LogP contribution is 2.22. The molecule has 106 valence electrons. The van der Waals surface area contributed by atoms with E-state index in [0.29, 0.717) is 6.54 Å². The molecule has 1 fully saturated rings. The molecule has 0 unspecified atom stereocenters. The number of likely N-dealkylation sites (tertiary alicyclic amines) is 1. The first-order chi connectivity index (χ1) is 9.27. The van der Waals surface area contributed by atoms with Crippen LogP contribution in [0.2, 0.25) is 0 Å². The SMILES string of the molecule is O=c1n(CCN2CCCCC2)c(O)c2n1CCCC2. The average Bonchev–Trinajstić information content (AvgIpc) is 2.71. The van der Waals surface area contributed by atoms with E-state index in [-0.39, 0.29) is 11.6 Å². The summed E-state index contributed by atoms with van der Waals surface area (Å²) in [5.41, 5.74) is 0.819. The molecule has 0 radical (unpaired) electrons. The molecule has 3 heterocycles. The third kappa shape index (κ3) is 2.43. The van der Waals surface area contributed by atoms with Gasteiger partial charge in [-0.25, -0.2) is 4.79 Å². The number of rotatable bonds is 3. The standard InChI is InChI=1S/C14H23N3O2/c18-13-12-6-2-5-9-16(12)14(19)17(13)11-10-15-7-3-1-4-8-15/h18H,1-11H2. The Bertz CT molecular complexity index is 498. The lowest BCUT2D eigenvalue weighted by molar-refractivity contribution is 0.216. The smallest absolute Gasteiger partial charge is 0.331 e. The van der Waals surface area contributed by atoms with Crippen LogP contribution >= 0.6 is 0 Å². The highest BCUT2D eigenvalue weighted by Gasteiger charge is 2.22. The predicted octanol–water partition coefficient (Wildman–Crippen LogP) is 1.18. The van der Waals surface area contributed by atoms with Crippen LogP contribution in [0.5, 0.6) is 5.88 Å². The molecule has 1 aromatic heterocycles. The Morgan fingerprint density at radius 1 is 0.947 bits per heavy atom. The van der Waals surface area contributed by atoms with Gasteiger partial charge >= 0.3 is 5.69 Å². The summed E-state index contributed by atoms with van der Waals surface area (Å²) in [6.07, 6.45) is 6.78. The van der Waals surface area contributed by atoms with Crippen LogP contribution in [0, 0.1) is 0 Å². The van der Waals surface area contributed by atoms with Crippen molar-refractivity contribution in [3.8, 4) is 5.88 Å². The lowest BCUT2D eigenvalue weighted by atomic mass is 10.1. The molecular weight excluding hydrogens is 242 g/mol. The van der Waals surface area contributed by atoms with Gasteiger partial charge in [0, 0.05) is 19.6 Å². The Hall–Kier alpha value is -1.23. The van der Waals surface area contributed by atoms with Crippen molar-refractivity contribution in [3.05, 3.63) is 16.2 Å². The second kappa shape index (κ2) is 5.41. The number of aromatic hydroxyl groups is 1. The van der Waals surface area contributed by atoms with Gasteiger partial charge in [-0.2, -0.15) is 0 Å². The minimum Gasteiger partial charge on any atom is -0.493 e. The lowest BCUT2D eigenvalue weighted by Crippen LogP contribution is -2.35. The molecule has 1 aromatic rings. The van der Waals surface area contributed by atoms with Crippen LogP contribution in [-0.2, 0) is 19.5 Å². The number of imidazole rings is 1. The number of hydrogen-bond donors (Lipinski definition) is 1. The molecule has 0 aromatic carbocycles. The molecule has 1 N–H and O–H groups in total. The second-order valence-corrected chi connectivity index (χ2v) is 5.72. The molecule has 2 aliphatic heterocycles. The van der Waals surface area contributed by atoms with Crippen LogP contribution in [0.15, 0.2) is 4.79 Å². The maximum Gasteiger partial charge on any atom is 0.331 e. The molecule has 5 heteroatoms. The van der Waals surface area contributed by atoms with Gasteiger partial charge in [-0.05, 0) is 45.2 Å². The third-order valence-corrected chi connectivity index (χ3v) is 4.44. The van der Waals surface area contributed by atoms with Crippen LogP contribution in [0.25, 0.3) is 0 Å². The van der Waals surface area contributed by atoms with E-state index in [1.807, 2.05) is 0 Å². The normalized spacial score (nSPS) is 20.4. The summed E-state index contributed by atoms with van der Waals surface area (Å²) >= 11 is 0. The van der Waals surface area contributed by atoms with Gasteiger partial charge in [0.15, 0.2) is 0 Å². The molecule has 0 saturated carbocycles. The van der Waals surface area contributed by atoms with Crippen molar-refractivity contribution < 1.29 is 5.11 Å². The maximum atomic E-state index is 12.3. The third-order valence-electron chi connectivity index (χ3n) is 4.44. The quantitative estimate of drug-likeness (QED) is 0.893. The van der Waals surface area contributed by atoms with E-state index in [0.717, 1.165) is 51.1 Å². The van der Waals surface area contributed by atoms with Crippen molar-refractivity contribution in [2.45, 2.75) is 51.6 Å². The van der Waals surface area contributed by atoms with Gasteiger partial charge in [0.25, 0.3) is 0 Å². The van der Waals surface area contributed by atoms with E-state index in [1.54, 1.807) is 9.13 Å². The van der Waals surface area contributed by atoms with Crippen LogP contribution < -0.4 is 5.69 Å². The van der Waals surface area contributed by atoms with Crippen LogP contribution in [0.3, 0.4) is 0 Å². The molecule has 19 heavy (non-hydrogen) atoms. The Morgan fingerprint density at radius 2 is 1.68 bits per heavy atom. The van der Waals surface area contributed by atoms with Gasteiger partial charge < -0.3 is 10.0 Å². The monoisotopic (exact) mass is 265 g/mol. The number of aromatic nitrogens is 2. The Labute approximate surface area is 113 Å². The molecule has 2 aliphatic rings. The van der Waals surface area contributed by atoms with E-state index in [9.17, 15) is 9.90 Å². The number of nitrogens with zero attached hydrogens (tertiary/aromatic N) is 3. The van der Waals surface area contributed by atoms with E-state index in [1.165, 1.54) is 19.3 Å². The summed E-state index contributed by atoms with van der Waals surface area (Å²) < 4.78 is 3.32. The summed E-state index contributed by atoms with van der Waals surface area (Å²) in [6, 6.07) is 0. The van der Waals surface area contributed by atoms with Gasteiger partial charge in [0.05, 0.1) is 5.69 Å². The number of piperidine rings is 1. The zero-order valence-corrected chi connectivity index (χ0v) is 11.5. The fourth-order valence-electron chi connectivity index (χ4n) is 3.29. The average molecular weight is 265 g/mol. The van der Waals surface area contributed by atoms with Gasteiger partial charge in [0.2, 0.25) is 5.88 Å². The second-order valence-electron chi connectivity index (χ2n) is 5.72. The van der Waals surface area contributed by atoms with Crippen molar-refractivity contribution in [3.63, 3.8) is 0 Å². The minimum absolute atomic E-state index is 0.0239. The number of hydrogen-bond acceptors (Lipinski definition) is 3. The largest absolute Gasteiger partial charge is 0.493 e. The topological polar surface area (TPSA) is 50.4 Å². The molecule has 3 rings (SSSR count). The molecule has 1 saturated heterocycles. The summed E-state index contributed by atoms with van der Waals surface area (Å²) in [5, 5.41) is 10.2.